The van der Waals surface area contributed by atoms with Crippen molar-refractivity contribution in [2.24, 2.45) is 0 Å². The number of rotatable bonds is 1. The van der Waals surface area contributed by atoms with Crippen LogP contribution in [-0.4, -0.2) is 28.9 Å². The predicted molar refractivity (Wildman–Crippen MR) is 66.2 cm³/mol. The van der Waals surface area contributed by atoms with Crippen molar-refractivity contribution in [3.05, 3.63) is 40.1 Å². The van der Waals surface area contributed by atoms with Crippen molar-refractivity contribution in [2.45, 2.75) is 13.3 Å². The van der Waals surface area contributed by atoms with E-state index in [4.69, 9.17) is 0 Å². The summed E-state index contributed by atoms with van der Waals surface area (Å²) in [6.07, 6.45) is 3.11. The van der Waals surface area contributed by atoms with Gasteiger partial charge in [-0.3, -0.25) is 4.79 Å². The third-order valence-electron chi connectivity index (χ3n) is 2.55. The SMILES string of the molecule is CC1=CCCN(C(=O)c2cccc(Br)n2)C1. The van der Waals surface area contributed by atoms with E-state index in [1.54, 1.807) is 6.07 Å². The zero-order chi connectivity index (χ0) is 11.5. The van der Waals surface area contributed by atoms with Crippen LogP contribution >= 0.6 is 15.9 Å². The quantitative estimate of drug-likeness (QED) is 0.585. The number of carbonyl (C=O) groups is 1. The summed E-state index contributed by atoms with van der Waals surface area (Å²) in [5.74, 6) is 0.00810. The van der Waals surface area contributed by atoms with E-state index in [-0.39, 0.29) is 5.91 Å². The van der Waals surface area contributed by atoms with Crippen LogP contribution < -0.4 is 0 Å². The fourth-order valence-electron chi connectivity index (χ4n) is 1.77. The van der Waals surface area contributed by atoms with Crippen LogP contribution in [0.3, 0.4) is 0 Å². The van der Waals surface area contributed by atoms with Crippen LogP contribution in [0.1, 0.15) is 23.8 Å². The van der Waals surface area contributed by atoms with E-state index >= 15 is 0 Å². The lowest BCUT2D eigenvalue weighted by atomic mass is 10.1. The standard InChI is InChI=1S/C12H13BrN2O/c1-9-4-3-7-15(8-9)12(16)10-5-2-6-11(13)14-10/h2,4-6H,3,7-8H2,1H3. The Morgan fingerprint density at radius 2 is 2.31 bits per heavy atom. The molecule has 3 nitrogen and oxygen atoms in total. The van der Waals surface area contributed by atoms with E-state index in [0.29, 0.717) is 16.8 Å². The van der Waals surface area contributed by atoms with Crippen LogP contribution in [0.4, 0.5) is 0 Å². The molecular formula is C12H13BrN2O. The first-order valence-electron chi connectivity index (χ1n) is 5.24. The van der Waals surface area contributed by atoms with Gasteiger partial charge in [0.15, 0.2) is 0 Å². The van der Waals surface area contributed by atoms with Crippen molar-refractivity contribution >= 4 is 21.8 Å². The van der Waals surface area contributed by atoms with Gasteiger partial charge in [0.25, 0.3) is 5.91 Å². The molecule has 0 fully saturated rings. The van der Waals surface area contributed by atoms with Crippen molar-refractivity contribution in [1.82, 2.24) is 9.88 Å². The van der Waals surface area contributed by atoms with E-state index < -0.39 is 0 Å². The van der Waals surface area contributed by atoms with Gasteiger partial charge in [-0.1, -0.05) is 17.7 Å². The second-order valence-corrected chi connectivity index (χ2v) is 4.72. The molecule has 16 heavy (non-hydrogen) atoms. The van der Waals surface area contributed by atoms with Gasteiger partial charge in [-0.15, -0.1) is 0 Å². The highest BCUT2D eigenvalue weighted by Crippen LogP contribution is 2.13. The molecule has 0 unspecified atom stereocenters. The number of amides is 1. The Morgan fingerprint density at radius 3 is 3.00 bits per heavy atom. The number of hydrogen-bond donors (Lipinski definition) is 0. The molecule has 84 valence electrons. The summed E-state index contributed by atoms with van der Waals surface area (Å²) < 4.78 is 0.697. The maximum absolute atomic E-state index is 12.1. The molecule has 0 N–H and O–H groups in total. The molecule has 0 spiro atoms. The first kappa shape index (κ1) is 11.3. The minimum atomic E-state index is 0.00810. The molecule has 1 aliphatic heterocycles. The molecule has 0 saturated carbocycles. The molecule has 0 bridgehead atoms. The van der Waals surface area contributed by atoms with Crippen molar-refractivity contribution < 1.29 is 4.79 Å². The normalized spacial score (nSPS) is 15.9. The van der Waals surface area contributed by atoms with Crippen LogP contribution in [0.15, 0.2) is 34.5 Å². The third kappa shape index (κ3) is 2.50. The molecule has 2 heterocycles. The molecule has 0 radical (unpaired) electrons. The van der Waals surface area contributed by atoms with Crippen molar-refractivity contribution in [3.63, 3.8) is 0 Å². The number of nitrogens with zero attached hydrogens (tertiary/aromatic N) is 2. The monoisotopic (exact) mass is 280 g/mol. The Balaban J connectivity index is 2.16. The van der Waals surface area contributed by atoms with Gasteiger partial charge in [0, 0.05) is 13.1 Å². The van der Waals surface area contributed by atoms with Gasteiger partial charge in [0.2, 0.25) is 0 Å². The Hall–Kier alpha value is -1.16. The van der Waals surface area contributed by atoms with E-state index in [1.807, 2.05) is 24.0 Å². The molecule has 1 amide bonds. The molecule has 0 aromatic carbocycles. The van der Waals surface area contributed by atoms with Gasteiger partial charge in [-0.05, 0) is 41.4 Å². The number of carbonyl (C=O) groups excluding carboxylic acids is 1. The van der Waals surface area contributed by atoms with Gasteiger partial charge in [-0.2, -0.15) is 0 Å². The molecule has 1 aromatic rings. The highest BCUT2D eigenvalue weighted by atomic mass is 79.9. The highest BCUT2D eigenvalue weighted by Gasteiger charge is 2.19. The lowest BCUT2D eigenvalue weighted by Gasteiger charge is -2.25. The Kier molecular flexibility index (Phi) is 3.39. The Labute approximate surface area is 103 Å². The Morgan fingerprint density at radius 1 is 1.50 bits per heavy atom. The van der Waals surface area contributed by atoms with E-state index in [0.717, 1.165) is 13.0 Å². The molecular weight excluding hydrogens is 268 g/mol. The Bertz CT molecular complexity index is 442. The second kappa shape index (κ2) is 4.78. The largest absolute Gasteiger partial charge is 0.333 e. The molecule has 1 aromatic heterocycles. The summed E-state index contributed by atoms with van der Waals surface area (Å²) in [4.78, 5) is 18.1. The topological polar surface area (TPSA) is 33.2 Å². The van der Waals surface area contributed by atoms with Crippen LogP contribution in [0.2, 0.25) is 0 Å². The maximum atomic E-state index is 12.1. The summed E-state index contributed by atoms with van der Waals surface area (Å²) in [6, 6.07) is 5.40. The molecule has 1 aliphatic rings. The maximum Gasteiger partial charge on any atom is 0.272 e. The molecule has 0 aliphatic carbocycles. The van der Waals surface area contributed by atoms with E-state index in [2.05, 4.69) is 27.0 Å². The van der Waals surface area contributed by atoms with Crippen LogP contribution in [-0.2, 0) is 0 Å². The summed E-state index contributed by atoms with van der Waals surface area (Å²) >= 11 is 3.27. The van der Waals surface area contributed by atoms with E-state index in [1.165, 1.54) is 5.57 Å². The minimum Gasteiger partial charge on any atom is -0.333 e. The van der Waals surface area contributed by atoms with Crippen LogP contribution in [0.25, 0.3) is 0 Å². The van der Waals surface area contributed by atoms with E-state index in [9.17, 15) is 4.79 Å². The molecule has 2 rings (SSSR count). The summed E-state index contributed by atoms with van der Waals surface area (Å²) in [7, 11) is 0. The fourth-order valence-corrected chi connectivity index (χ4v) is 2.12. The summed E-state index contributed by atoms with van der Waals surface area (Å²) in [5, 5.41) is 0. The first-order chi connectivity index (χ1) is 7.66. The van der Waals surface area contributed by atoms with Crippen molar-refractivity contribution in [3.8, 4) is 0 Å². The van der Waals surface area contributed by atoms with Crippen molar-refractivity contribution in [1.29, 1.82) is 0 Å². The molecule has 0 saturated heterocycles. The minimum absolute atomic E-state index is 0.00810. The van der Waals surface area contributed by atoms with Crippen molar-refractivity contribution in [2.75, 3.05) is 13.1 Å². The smallest absolute Gasteiger partial charge is 0.272 e. The fraction of sp³-hybridized carbons (Fsp3) is 0.333. The lowest BCUT2D eigenvalue weighted by molar-refractivity contribution is 0.0760. The molecule has 0 atom stereocenters. The summed E-state index contributed by atoms with van der Waals surface area (Å²) in [6.45, 7) is 3.55. The van der Waals surface area contributed by atoms with Gasteiger partial charge in [-0.25, -0.2) is 4.98 Å². The predicted octanol–water partition coefficient (Wildman–Crippen LogP) is 2.64. The average molecular weight is 281 g/mol. The number of hydrogen-bond acceptors (Lipinski definition) is 2. The second-order valence-electron chi connectivity index (χ2n) is 3.91. The zero-order valence-electron chi connectivity index (χ0n) is 9.11. The number of pyridine rings is 1. The average Bonchev–Trinajstić information content (AvgIpc) is 2.28. The first-order valence-corrected chi connectivity index (χ1v) is 6.03. The highest BCUT2D eigenvalue weighted by molar-refractivity contribution is 9.10. The van der Waals surface area contributed by atoms with Gasteiger partial charge in [0.1, 0.15) is 10.3 Å². The van der Waals surface area contributed by atoms with Crippen LogP contribution in [0.5, 0.6) is 0 Å². The summed E-state index contributed by atoms with van der Waals surface area (Å²) in [5.41, 5.74) is 1.75. The van der Waals surface area contributed by atoms with Gasteiger partial charge < -0.3 is 4.90 Å². The zero-order valence-corrected chi connectivity index (χ0v) is 10.7. The number of halogens is 1. The van der Waals surface area contributed by atoms with Crippen LogP contribution in [0, 0.1) is 0 Å². The molecule has 4 heteroatoms. The lowest BCUT2D eigenvalue weighted by Crippen LogP contribution is -2.35. The van der Waals surface area contributed by atoms with Gasteiger partial charge in [0.05, 0.1) is 0 Å². The third-order valence-corrected chi connectivity index (χ3v) is 3.00. The van der Waals surface area contributed by atoms with Gasteiger partial charge >= 0.3 is 0 Å². The number of aromatic nitrogens is 1.